The highest BCUT2D eigenvalue weighted by molar-refractivity contribution is 5.93. The van der Waals surface area contributed by atoms with Gasteiger partial charge in [0.2, 0.25) is 11.8 Å². The zero-order valence-electron chi connectivity index (χ0n) is 8.76. The molecule has 0 spiro atoms. The number of aromatic amines is 1. The van der Waals surface area contributed by atoms with Gasteiger partial charge in [-0.05, 0) is 6.42 Å². The van der Waals surface area contributed by atoms with Crippen LogP contribution in [0, 0.1) is 0 Å². The number of amides is 2. The molecule has 0 radical (unpaired) electrons. The van der Waals surface area contributed by atoms with Crippen molar-refractivity contribution in [3.05, 3.63) is 11.8 Å². The van der Waals surface area contributed by atoms with Crippen molar-refractivity contribution in [1.82, 2.24) is 15.5 Å². The highest BCUT2D eigenvalue weighted by Gasteiger charge is 2.05. The lowest BCUT2D eigenvalue weighted by molar-refractivity contribution is -0.122. The van der Waals surface area contributed by atoms with Crippen molar-refractivity contribution >= 4 is 17.6 Å². The van der Waals surface area contributed by atoms with Gasteiger partial charge in [-0.15, -0.1) is 0 Å². The average Bonchev–Trinajstić information content (AvgIpc) is 2.62. The Morgan fingerprint density at radius 1 is 1.53 bits per heavy atom. The molecule has 3 N–H and O–H groups in total. The fourth-order valence-corrected chi connectivity index (χ4v) is 0.999. The average molecular weight is 210 g/mol. The van der Waals surface area contributed by atoms with Crippen LogP contribution in [-0.2, 0) is 16.0 Å². The lowest BCUT2D eigenvalue weighted by Gasteiger charge is -2.01. The van der Waals surface area contributed by atoms with Crippen LogP contribution in [0.3, 0.4) is 0 Å². The fourth-order valence-electron chi connectivity index (χ4n) is 0.999. The third-order valence-corrected chi connectivity index (χ3v) is 1.78. The largest absolute Gasteiger partial charge is 0.347 e. The number of aryl methyl sites for hydroxylation is 1. The maximum Gasteiger partial charge on any atom is 0.244 e. The number of carbonyl (C=O) groups excluding carboxylic acids is 2. The Morgan fingerprint density at radius 3 is 2.80 bits per heavy atom. The smallest absolute Gasteiger partial charge is 0.244 e. The molecule has 0 aliphatic carbocycles. The Morgan fingerprint density at radius 2 is 2.27 bits per heavy atom. The predicted octanol–water partition coefficient (Wildman–Crippen LogP) is 0.0467. The van der Waals surface area contributed by atoms with Gasteiger partial charge in [0, 0.05) is 18.7 Å². The van der Waals surface area contributed by atoms with E-state index in [9.17, 15) is 9.59 Å². The molecular weight excluding hydrogens is 196 g/mol. The van der Waals surface area contributed by atoms with Crippen molar-refractivity contribution in [3.63, 3.8) is 0 Å². The summed E-state index contributed by atoms with van der Waals surface area (Å²) in [7, 11) is 0. The molecule has 15 heavy (non-hydrogen) atoms. The summed E-state index contributed by atoms with van der Waals surface area (Å²) in [5, 5.41) is 11.6. The quantitative estimate of drug-likeness (QED) is 0.656. The molecule has 0 bridgehead atoms. The van der Waals surface area contributed by atoms with Crippen LogP contribution in [0.5, 0.6) is 0 Å². The van der Waals surface area contributed by atoms with Crippen LogP contribution in [0.2, 0.25) is 0 Å². The van der Waals surface area contributed by atoms with Crippen LogP contribution in [0.15, 0.2) is 6.07 Å². The van der Waals surface area contributed by atoms with Gasteiger partial charge < -0.3 is 10.6 Å². The van der Waals surface area contributed by atoms with Crippen molar-refractivity contribution < 1.29 is 9.59 Å². The molecule has 0 saturated carbocycles. The monoisotopic (exact) mass is 210 g/mol. The molecule has 0 aliphatic rings. The molecule has 82 valence electrons. The minimum absolute atomic E-state index is 0.0380. The summed E-state index contributed by atoms with van der Waals surface area (Å²) in [5.41, 5.74) is 0.949. The molecule has 0 aliphatic heterocycles. The van der Waals surface area contributed by atoms with Gasteiger partial charge in [0.1, 0.15) is 0 Å². The van der Waals surface area contributed by atoms with Gasteiger partial charge in [-0.3, -0.25) is 14.7 Å². The third-order valence-electron chi connectivity index (χ3n) is 1.78. The molecule has 2 amide bonds. The van der Waals surface area contributed by atoms with Crippen LogP contribution >= 0.6 is 0 Å². The van der Waals surface area contributed by atoms with Gasteiger partial charge in [-0.25, -0.2) is 0 Å². The van der Waals surface area contributed by atoms with Gasteiger partial charge in [0.25, 0.3) is 0 Å². The Bertz CT molecular complexity index is 359. The molecule has 6 nitrogen and oxygen atoms in total. The fraction of sp³-hybridized carbons (Fsp3) is 0.444. The van der Waals surface area contributed by atoms with E-state index in [1.807, 2.05) is 6.92 Å². The van der Waals surface area contributed by atoms with E-state index in [1.54, 1.807) is 6.07 Å². The van der Waals surface area contributed by atoms with Gasteiger partial charge >= 0.3 is 0 Å². The number of rotatable bonds is 4. The highest BCUT2D eigenvalue weighted by Crippen LogP contribution is 2.04. The number of nitrogens with one attached hydrogen (secondary N) is 3. The van der Waals surface area contributed by atoms with Crippen LogP contribution in [0.4, 0.5) is 5.82 Å². The normalized spacial score (nSPS) is 9.73. The standard InChI is InChI=1S/C9H14N4O2/c1-3-7-4-8(13-12-7)11-9(15)5-10-6(2)14/h4H,3,5H2,1-2H3,(H,10,14)(H2,11,12,13,15). The Hall–Kier alpha value is -1.85. The molecule has 6 heteroatoms. The van der Waals surface area contributed by atoms with Crippen molar-refractivity contribution in [3.8, 4) is 0 Å². The zero-order chi connectivity index (χ0) is 11.3. The van der Waals surface area contributed by atoms with Gasteiger partial charge in [-0.1, -0.05) is 6.92 Å². The van der Waals surface area contributed by atoms with Crippen molar-refractivity contribution in [2.75, 3.05) is 11.9 Å². The maximum absolute atomic E-state index is 11.2. The van der Waals surface area contributed by atoms with E-state index in [-0.39, 0.29) is 18.4 Å². The first-order chi connectivity index (χ1) is 7.11. The van der Waals surface area contributed by atoms with Crippen molar-refractivity contribution in [1.29, 1.82) is 0 Å². The molecular formula is C9H14N4O2. The third kappa shape index (κ3) is 3.80. The molecule has 0 aromatic carbocycles. The number of aromatic nitrogens is 2. The summed E-state index contributed by atoms with van der Waals surface area (Å²) >= 11 is 0. The Balaban J connectivity index is 2.40. The van der Waals surface area contributed by atoms with E-state index >= 15 is 0 Å². The van der Waals surface area contributed by atoms with Gasteiger partial charge in [-0.2, -0.15) is 5.10 Å². The molecule has 0 fully saturated rings. The molecule has 1 heterocycles. The number of H-pyrrole nitrogens is 1. The second kappa shape index (κ2) is 5.14. The number of hydrogen-bond donors (Lipinski definition) is 3. The number of carbonyl (C=O) groups is 2. The van der Waals surface area contributed by atoms with Gasteiger partial charge in [0.05, 0.1) is 6.54 Å². The number of anilines is 1. The molecule has 1 rings (SSSR count). The molecule has 1 aromatic rings. The van der Waals surface area contributed by atoms with Crippen molar-refractivity contribution in [2.45, 2.75) is 20.3 Å². The van der Waals surface area contributed by atoms with Crippen LogP contribution in [0.25, 0.3) is 0 Å². The Labute approximate surface area is 87.4 Å². The number of nitrogens with zero attached hydrogens (tertiary/aromatic N) is 1. The SMILES string of the molecule is CCc1cc(NC(=O)CNC(C)=O)n[nH]1. The topological polar surface area (TPSA) is 86.9 Å². The lowest BCUT2D eigenvalue weighted by atomic mass is 10.3. The predicted molar refractivity (Wildman–Crippen MR) is 55.3 cm³/mol. The van der Waals surface area contributed by atoms with E-state index in [0.29, 0.717) is 5.82 Å². The summed E-state index contributed by atoms with van der Waals surface area (Å²) in [4.78, 5) is 21.8. The van der Waals surface area contributed by atoms with E-state index in [2.05, 4.69) is 20.8 Å². The molecule has 0 unspecified atom stereocenters. The molecule has 1 aromatic heterocycles. The first-order valence-electron chi connectivity index (χ1n) is 4.70. The Kier molecular flexibility index (Phi) is 3.84. The van der Waals surface area contributed by atoms with Crippen LogP contribution in [0.1, 0.15) is 19.5 Å². The minimum Gasteiger partial charge on any atom is -0.347 e. The number of hydrogen-bond acceptors (Lipinski definition) is 3. The van der Waals surface area contributed by atoms with E-state index < -0.39 is 0 Å². The highest BCUT2D eigenvalue weighted by atomic mass is 16.2. The van der Waals surface area contributed by atoms with E-state index in [4.69, 9.17) is 0 Å². The maximum atomic E-state index is 11.2. The lowest BCUT2D eigenvalue weighted by Crippen LogP contribution is -2.31. The van der Waals surface area contributed by atoms with Gasteiger partial charge in [0.15, 0.2) is 5.82 Å². The first kappa shape index (κ1) is 11.2. The second-order valence-corrected chi connectivity index (χ2v) is 3.09. The summed E-state index contributed by atoms with van der Waals surface area (Å²) in [6, 6.07) is 1.76. The second-order valence-electron chi connectivity index (χ2n) is 3.09. The van der Waals surface area contributed by atoms with E-state index in [0.717, 1.165) is 12.1 Å². The summed E-state index contributed by atoms with van der Waals surface area (Å²) in [5.74, 6) is -0.0528. The van der Waals surface area contributed by atoms with Crippen molar-refractivity contribution in [2.24, 2.45) is 0 Å². The zero-order valence-corrected chi connectivity index (χ0v) is 8.76. The minimum atomic E-state index is -0.292. The summed E-state index contributed by atoms with van der Waals surface area (Å²) in [6.07, 6.45) is 0.828. The van der Waals surface area contributed by atoms with E-state index in [1.165, 1.54) is 6.92 Å². The summed E-state index contributed by atoms with van der Waals surface area (Å²) in [6.45, 7) is 3.30. The molecule has 0 saturated heterocycles. The summed E-state index contributed by atoms with van der Waals surface area (Å²) < 4.78 is 0. The molecule has 0 atom stereocenters. The van der Waals surface area contributed by atoms with Crippen LogP contribution < -0.4 is 10.6 Å². The van der Waals surface area contributed by atoms with Crippen LogP contribution in [-0.4, -0.2) is 28.6 Å². The first-order valence-corrected chi connectivity index (χ1v) is 4.70.